The van der Waals surface area contributed by atoms with Crippen molar-refractivity contribution in [2.24, 2.45) is 5.92 Å². The van der Waals surface area contributed by atoms with E-state index in [0.29, 0.717) is 6.04 Å². The van der Waals surface area contributed by atoms with Crippen molar-refractivity contribution in [1.29, 1.82) is 0 Å². The maximum Gasteiger partial charge on any atom is 2.00 e. The van der Waals surface area contributed by atoms with Gasteiger partial charge in [0.05, 0.1) is 0 Å². The maximum atomic E-state index is 13.0. The Morgan fingerprint density at radius 1 is 0.816 bits per heavy atom. The minimum absolute atomic E-state index is 0. The average Bonchev–Trinajstić information content (AvgIpc) is 3.15. The van der Waals surface area contributed by atoms with E-state index in [0.717, 1.165) is 6.42 Å². The first-order valence-corrected chi connectivity index (χ1v) is 22.0. The van der Waals surface area contributed by atoms with Gasteiger partial charge in [-0.05, 0) is 60.6 Å². The summed E-state index contributed by atoms with van der Waals surface area (Å²) in [6.45, 7) is 20.1. The van der Waals surface area contributed by atoms with Crippen molar-refractivity contribution in [3.63, 3.8) is 0 Å². The van der Waals surface area contributed by atoms with Gasteiger partial charge in [0.2, 0.25) is 0 Å². The molecule has 0 radical (unpaired) electrons. The van der Waals surface area contributed by atoms with Gasteiger partial charge in [-0.15, -0.1) is 11.1 Å². The number of hydrogen-bond acceptors (Lipinski definition) is 1. The summed E-state index contributed by atoms with van der Waals surface area (Å²) in [6, 6.07) is 18.1. The number of hydrogen-bond donors (Lipinski definition) is 0. The zero-order valence-corrected chi connectivity index (χ0v) is 29.7. The van der Waals surface area contributed by atoms with Crippen LogP contribution in [0.4, 0.5) is 0 Å². The molecule has 0 atom stereocenters. The van der Waals surface area contributed by atoms with Crippen LogP contribution in [0.25, 0.3) is 11.1 Å². The Morgan fingerprint density at radius 3 is 1.58 bits per heavy atom. The zero-order chi connectivity index (χ0) is 27.6. The number of benzene rings is 2. The van der Waals surface area contributed by atoms with E-state index >= 15 is 0 Å². The molecule has 2 aliphatic rings. The normalized spacial score (nSPS) is 14.5. The Kier molecular flexibility index (Phi) is 11.0. The van der Waals surface area contributed by atoms with Gasteiger partial charge in [-0.1, -0.05) is 100.0 Å². The summed E-state index contributed by atoms with van der Waals surface area (Å²) in [5.74, 6) is 0.227. The molecule has 0 saturated carbocycles. The average molecular weight is 592 g/mol. The van der Waals surface area contributed by atoms with Crippen molar-refractivity contribution < 1.29 is 26.2 Å². The molecule has 38 heavy (non-hydrogen) atoms. The molecule has 0 unspecified atom stereocenters. The second-order valence-corrected chi connectivity index (χ2v) is 24.8. The Labute approximate surface area is 250 Å². The molecule has 0 spiro atoms. The topological polar surface area (TPSA) is 20.3 Å². The Balaban J connectivity index is 0.000000396. The van der Waals surface area contributed by atoms with Gasteiger partial charge in [-0.3, -0.25) is 0 Å². The molecule has 0 amide bonds. The second kappa shape index (κ2) is 12.7. The monoisotopic (exact) mass is 591 g/mol. The quantitative estimate of drug-likeness (QED) is 0.266. The molecule has 6 heteroatoms. The van der Waals surface area contributed by atoms with Crippen LogP contribution in [0, 0.1) is 17.0 Å². The number of allylic oxidation sites excluding steroid dienone is 4. The van der Waals surface area contributed by atoms with Gasteiger partial charge in [-0.25, -0.2) is 0 Å². The van der Waals surface area contributed by atoms with Crippen LogP contribution in [0.2, 0.25) is 45.3 Å². The molecule has 4 rings (SSSR count). The first kappa shape index (κ1) is 32.7. The molecule has 0 saturated heterocycles. The molecular formula is C32H45NOSi3Ti+2. The fraction of sp³-hybridized carbons (Fsp3) is 0.438. The van der Waals surface area contributed by atoms with Crippen LogP contribution in [0.5, 0.6) is 0 Å². The van der Waals surface area contributed by atoms with Crippen LogP contribution < -0.4 is 0 Å². The molecule has 0 aliphatic heterocycles. The Morgan fingerprint density at radius 2 is 1.21 bits per heavy atom. The number of fused-ring (bicyclic) bond motifs is 5. The summed E-state index contributed by atoms with van der Waals surface area (Å²) < 4.78 is 15.0. The molecule has 0 fully saturated rings. The van der Waals surface area contributed by atoms with E-state index in [-0.39, 0.29) is 33.2 Å². The van der Waals surface area contributed by atoms with Gasteiger partial charge in [-0.2, -0.15) is 0 Å². The van der Waals surface area contributed by atoms with Gasteiger partial charge in [0.25, 0.3) is 0 Å². The molecule has 0 bridgehead atoms. The van der Waals surface area contributed by atoms with Crippen LogP contribution in [-0.4, -0.2) is 42.1 Å². The van der Waals surface area contributed by atoms with E-state index in [1.54, 1.807) is 0 Å². The van der Waals surface area contributed by atoms with Crippen molar-refractivity contribution in [2.45, 2.75) is 78.1 Å². The Bertz CT molecular complexity index is 1200. The van der Waals surface area contributed by atoms with Gasteiger partial charge in [0, 0.05) is 24.5 Å². The molecule has 198 valence electrons. The summed E-state index contributed by atoms with van der Waals surface area (Å²) in [5, 5.41) is 0. The first-order chi connectivity index (χ1) is 17.0. The maximum absolute atomic E-state index is 13.0. The van der Waals surface area contributed by atoms with Gasteiger partial charge < -0.3 is 9.03 Å². The molecule has 2 aromatic carbocycles. The van der Waals surface area contributed by atoms with Crippen LogP contribution in [-0.2, 0) is 32.6 Å². The molecule has 0 N–H and O–H groups in total. The number of nitrogens with zero attached hydrogens (tertiary/aromatic N) is 1. The third kappa shape index (κ3) is 9.00. The molecule has 2 nitrogen and oxygen atoms in total. The molecule has 2 aromatic rings. The van der Waals surface area contributed by atoms with Crippen molar-refractivity contribution in [3.8, 4) is 11.1 Å². The minimum atomic E-state index is -1.82. The van der Waals surface area contributed by atoms with Gasteiger partial charge >= 0.3 is 30.6 Å². The van der Waals surface area contributed by atoms with E-state index in [9.17, 15) is 4.46 Å². The van der Waals surface area contributed by atoms with Crippen molar-refractivity contribution in [1.82, 2.24) is 4.57 Å². The smallest absolute Gasteiger partial charge is 0.375 e. The van der Waals surface area contributed by atoms with Crippen LogP contribution in [0.1, 0.15) is 43.0 Å². The first-order valence-electron chi connectivity index (χ1n) is 13.5. The van der Waals surface area contributed by atoms with E-state index in [2.05, 4.69) is 132 Å². The molecule has 0 aromatic heterocycles. The van der Waals surface area contributed by atoms with Crippen LogP contribution in [0.15, 0.2) is 60.7 Å². The Hall–Kier alpha value is -1.56. The SMILES string of the molecule is CN([Si](=O)CC1C=C2C(=C1)c1ccccc1Cc1ccccc12)C(C)(C)C.C[Si](C)(C)C#C[Si](C)(C)C.[Ti+2]. The van der Waals surface area contributed by atoms with E-state index in [1.165, 1.54) is 33.4 Å². The third-order valence-corrected chi connectivity index (χ3v) is 10.9. The van der Waals surface area contributed by atoms with Crippen LogP contribution in [0.3, 0.4) is 0 Å². The van der Waals surface area contributed by atoms with Gasteiger partial charge in [0.15, 0.2) is 0 Å². The van der Waals surface area contributed by atoms with E-state index < -0.39 is 25.0 Å². The fourth-order valence-corrected chi connectivity index (χ4v) is 9.07. The van der Waals surface area contributed by atoms with Crippen molar-refractivity contribution in [3.05, 3.63) is 82.9 Å². The molecule has 2 aliphatic carbocycles. The predicted molar refractivity (Wildman–Crippen MR) is 168 cm³/mol. The summed E-state index contributed by atoms with van der Waals surface area (Å²) in [7, 11) is -2.02. The summed E-state index contributed by atoms with van der Waals surface area (Å²) in [5.41, 5.74) is 14.8. The van der Waals surface area contributed by atoms with E-state index in [4.69, 9.17) is 0 Å². The zero-order valence-electron chi connectivity index (χ0n) is 25.1. The van der Waals surface area contributed by atoms with E-state index in [1.807, 2.05) is 11.6 Å². The number of rotatable bonds is 3. The second-order valence-electron chi connectivity index (χ2n) is 13.4. The summed E-state index contributed by atoms with van der Waals surface area (Å²) >= 11 is 0. The summed E-state index contributed by atoms with van der Waals surface area (Å²) in [4.78, 5) is 0. The fourth-order valence-electron chi connectivity index (χ4n) is 4.41. The standard InChI is InChI=1S/C24H27NOSi.C8H18Si2.Ti/c1-24(2,3)25(4)27(26)16-17-13-22-20-11-7-5-9-18(20)15-19-10-6-8-12-21(19)23(22)14-17;1-9(2,3)7-8-10(4,5)6;/h5-14,17H,15-16H2,1-4H3;1-6H3;/q;;+2. The summed E-state index contributed by atoms with van der Waals surface area (Å²) in [6.07, 6.45) is 5.65. The predicted octanol–water partition coefficient (Wildman–Crippen LogP) is 8.08. The molecule has 0 heterocycles. The third-order valence-electron chi connectivity index (χ3n) is 6.65. The van der Waals surface area contributed by atoms with Crippen LogP contribution >= 0.6 is 0 Å². The largest absolute Gasteiger partial charge is 2.00 e. The van der Waals surface area contributed by atoms with Crippen molar-refractivity contribution in [2.75, 3.05) is 7.05 Å². The minimum Gasteiger partial charge on any atom is -0.375 e. The van der Waals surface area contributed by atoms with Gasteiger partial charge in [0.1, 0.15) is 16.1 Å². The van der Waals surface area contributed by atoms with Crippen molar-refractivity contribution >= 4 is 36.1 Å². The molecular weight excluding hydrogens is 546 g/mol.